The number of benzene rings is 1. The van der Waals surface area contributed by atoms with E-state index in [4.69, 9.17) is 10.00 Å². The van der Waals surface area contributed by atoms with E-state index in [-0.39, 0.29) is 4.90 Å². The number of sulfonamides is 1. The van der Waals surface area contributed by atoms with Crippen molar-refractivity contribution >= 4 is 10.0 Å². The minimum absolute atomic E-state index is 0.123. The van der Waals surface area contributed by atoms with Gasteiger partial charge in [0.15, 0.2) is 0 Å². The number of nitrogens with zero attached hydrogens (tertiary/aromatic N) is 1. The zero-order chi connectivity index (χ0) is 13.1. The Morgan fingerprint density at radius 2 is 2.12 bits per heavy atom. The van der Waals surface area contributed by atoms with E-state index in [9.17, 15) is 8.42 Å². The fraction of sp³-hybridized carbons (Fsp3) is 0.364. The summed E-state index contributed by atoms with van der Waals surface area (Å²) in [5.41, 5.74) is 0.722. The van der Waals surface area contributed by atoms with Crippen LogP contribution in [-0.2, 0) is 10.0 Å². The van der Waals surface area contributed by atoms with Gasteiger partial charge in [0.05, 0.1) is 18.1 Å². The van der Waals surface area contributed by atoms with Crippen LogP contribution in [0.4, 0.5) is 0 Å². The molecule has 0 aliphatic heterocycles. The summed E-state index contributed by atoms with van der Waals surface area (Å²) in [5, 5.41) is 8.58. The Hall–Kier alpha value is -1.58. The molecule has 6 heteroatoms. The molecule has 17 heavy (non-hydrogen) atoms. The molecule has 1 unspecified atom stereocenters. The smallest absolute Gasteiger partial charge is 0.241 e. The van der Waals surface area contributed by atoms with Gasteiger partial charge in [0.1, 0.15) is 11.8 Å². The Morgan fingerprint density at radius 1 is 1.47 bits per heavy atom. The van der Waals surface area contributed by atoms with E-state index in [2.05, 4.69) is 4.72 Å². The Bertz CT molecular complexity index is 546. The molecule has 5 nitrogen and oxygen atoms in total. The van der Waals surface area contributed by atoms with E-state index in [1.807, 2.05) is 6.07 Å². The summed E-state index contributed by atoms with van der Waals surface area (Å²) >= 11 is 0. The fourth-order valence-electron chi connectivity index (χ4n) is 1.35. The Morgan fingerprint density at radius 3 is 2.59 bits per heavy atom. The molecule has 1 N–H and O–H groups in total. The second kappa shape index (κ2) is 5.17. The number of rotatable bonds is 4. The second-order valence-corrected chi connectivity index (χ2v) is 5.32. The Labute approximate surface area is 101 Å². The predicted octanol–water partition coefficient (Wildman–Crippen LogP) is 1.19. The molecule has 0 aliphatic carbocycles. The van der Waals surface area contributed by atoms with Crippen LogP contribution in [-0.4, -0.2) is 21.6 Å². The molecule has 1 atom stereocenters. The third kappa shape index (κ3) is 3.19. The minimum Gasteiger partial charge on any atom is -0.496 e. The van der Waals surface area contributed by atoms with E-state index in [0.717, 1.165) is 5.56 Å². The third-order valence-corrected chi connectivity index (χ3v) is 3.74. The zero-order valence-corrected chi connectivity index (χ0v) is 10.7. The summed E-state index contributed by atoms with van der Waals surface area (Å²) in [4.78, 5) is 0.123. The molecule has 0 aliphatic rings. The molecule has 0 heterocycles. The van der Waals surface area contributed by atoms with Gasteiger partial charge in [-0.3, -0.25) is 0 Å². The lowest BCUT2D eigenvalue weighted by Gasteiger charge is -2.10. The average molecular weight is 254 g/mol. The average Bonchev–Trinajstić information content (AvgIpc) is 2.28. The van der Waals surface area contributed by atoms with Gasteiger partial charge in [-0.25, -0.2) is 8.42 Å². The van der Waals surface area contributed by atoms with Gasteiger partial charge >= 0.3 is 0 Å². The fourth-order valence-corrected chi connectivity index (χ4v) is 2.58. The highest BCUT2D eigenvalue weighted by atomic mass is 32.2. The van der Waals surface area contributed by atoms with Crippen molar-refractivity contribution in [1.29, 1.82) is 5.26 Å². The van der Waals surface area contributed by atoms with Gasteiger partial charge in [-0.15, -0.1) is 0 Å². The first kappa shape index (κ1) is 13.5. The largest absolute Gasteiger partial charge is 0.496 e. The lowest BCUT2D eigenvalue weighted by Crippen LogP contribution is -2.31. The van der Waals surface area contributed by atoms with Gasteiger partial charge < -0.3 is 4.74 Å². The number of methoxy groups -OCH3 is 1. The van der Waals surface area contributed by atoms with Crippen molar-refractivity contribution in [3.05, 3.63) is 23.8 Å². The van der Waals surface area contributed by atoms with Crippen LogP contribution in [0.15, 0.2) is 23.1 Å². The Kier molecular flexibility index (Phi) is 4.10. The van der Waals surface area contributed by atoms with Gasteiger partial charge in [0, 0.05) is 0 Å². The number of hydrogen-bond donors (Lipinski definition) is 1. The lowest BCUT2D eigenvalue weighted by molar-refractivity contribution is 0.411. The van der Waals surface area contributed by atoms with Crippen molar-refractivity contribution < 1.29 is 13.2 Å². The third-order valence-electron chi connectivity index (χ3n) is 2.20. The molecule has 0 radical (unpaired) electrons. The first-order valence-corrected chi connectivity index (χ1v) is 6.45. The summed E-state index contributed by atoms with van der Waals surface area (Å²) in [6, 6.07) is 5.58. The summed E-state index contributed by atoms with van der Waals surface area (Å²) < 4.78 is 31.0. The van der Waals surface area contributed by atoms with E-state index in [1.165, 1.54) is 26.2 Å². The molecule has 0 saturated heterocycles. The Balaban J connectivity index is 3.09. The molecular formula is C11H14N2O3S. The van der Waals surface area contributed by atoms with Crippen molar-refractivity contribution in [2.24, 2.45) is 0 Å². The molecule has 1 rings (SSSR count). The van der Waals surface area contributed by atoms with Gasteiger partial charge in [-0.1, -0.05) is 0 Å². The molecular weight excluding hydrogens is 240 g/mol. The van der Waals surface area contributed by atoms with Crippen LogP contribution in [0.3, 0.4) is 0 Å². The molecule has 0 aromatic heterocycles. The molecule has 0 spiro atoms. The van der Waals surface area contributed by atoms with Crippen LogP contribution >= 0.6 is 0 Å². The summed E-state index contributed by atoms with van der Waals surface area (Å²) in [7, 11) is -2.13. The van der Waals surface area contributed by atoms with Crippen LogP contribution in [0.2, 0.25) is 0 Å². The number of ether oxygens (including phenoxy) is 1. The van der Waals surface area contributed by atoms with Gasteiger partial charge in [0.2, 0.25) is 10.0 Å². The quantitative estimate of drug-likeness (QED) is 0.875. The first-order chi connectivity index (χ1) is 7.90. The van der Waals surface area contributed by atoms with Crippen molar-refractivity contribution in [1.82, 2.24) is 4.72 Å². The SMILES string of the molecule is COc1ccc(S(=O)(=O)NC(C)C#N)cc1C. The van der Waals surface area contributed by atoms with E-state index in [0.29, 0.717) is 5.75 Å². The minimum atomic E-state index is -3.65. The van der Waals surface area contributed by atoms with Crippen LogP contribution in [0.1, 0.15) is 12.5 Å². The molecule has 0 bridgehead atoms. The summed E-state index contributed by atoms with van der Waals surface area (Å²) in [6.07, 6.45) is 0. The van der Waals surface area contributed by atoms with Crippen molar-refractivity contribution in [3.63, 3.8) is 0 Å². The van der Waals surface area contributed by atoms with Crippen molar-refractivity contribution in [2.75, 3.05) is 7.11 Å². The van der Waals surface area contributed by atoms with Gasteiger partial charge in [-0.05, 0) is 37.6 Å². The number of hydrogen-bond acceptors (Lipinski definition) is 4. The molecule has 0 fully saturated rings. The molecule has 0 saturated carbocycles. The first-order valence-electron chi connectivity index (χ1n) is 4.97. The van der Waals surface area contributed by atoms with E-state index < -0.39 is 16.1 Å². The molecule has 1 aromatic carbocycles. The maximum atomic E-state index is 11.9. The van der Waals surface area contributed by atoms with E-state index in [1.54, 1.807) is 13.0 Å². The molecule has 92 valence electrons. The van der Waals surface area contributed by atoms with E-state index >= 15 is 0 Å². The monoisotopic (exact) mass is 254 g/mol. The lowest BCUT2D eigenvalue weighted by atomic mass is 10.2. The van der Waals surface area contributed by atoms with Crippen LogP contribution in [0, 0.1) is 18.3 Å². The van der Waals surface area contributed by atoms with Gasteiger partial charge in [-0.2, -0.15) is 9.98 Å². The van der Waals surface area contributed by atoms with Crippen LogP contribution in [0.25, 0.3) is 0 Å². The standard InChI is InChI=1S/C11H14N2O3S/c1-8-6-10(4-5-11(8)16-3)17(14,15)13-9(2)7-12/h4-6,9,13H,1-3H3. The summed E-state index contributed by atoms with van der Waals surface area (Å²) in [6.45, 7) is 3.24. The predicted molar refractivity (Wildman–Crippen MR) is 63.1 cm³/mol. The maximum absolute atomic E-state index is 11.9. The molecule has 1 aromatic rings. The van der Waals surface area contributed by atoms with Crippen LogP contribution < -0.4 is 9.46 Å². The number of nitriles is 1. The highest BCUT2D eigenvalue weighted by molar-refractivity contribution is 7.89. The maximum Gasteiger partial charge on any atom is 0.241 e. The normalized spacial score (nSPS) is 12.8. The highest BCUT2D eigenvalue weighted by Crippen LogP contribution is 2.21. The number of aryl methyl sites for hydroxylation is 1. The second-order valence-electron chi connectivity index (χ2n) is 3.60. The topological polar surface area (TPSA) is 79.2 Å². The summed E-state index contributed by atoms with van der Waals surface area (Å²) in [5.74, 6) is 0.622. The molecule has 0 amide bonds. The highest BCUT2D eigenvalue weighted by Gasteiger charge is 2.17. The van der Waals surface area contributed by atoms with Gasteiger partial charge in [0.25, 0.3) is 0 Å². The number of nitrogens with one attached hydrogen (secondary N) is 1. The van der Waals surface area contributed by atoms with Crippen molar-refractivity contribution in [2.45, 2.75) is 24.8 Å². The van der Waals surface area contributed by atoms with Crippen LogP contribution in [0.5, 0.6) is 5.75 Å². The zero-order valence-electron chi connectivity index (χ0n) is 9.89. The van der Waals surface area contributed by atoms with Crippen molar-refractivity contribution in [3.8, 4) is 11.8 Å².